The van der Waals surface area contributed by atoms with E-state index >= 15 is 0 Å². The highest BCUT2D eigenvalue weighted by Crippen LogP contribution is 2.33. The molecule has 0 saturated heterocycles. The van der Waals surface area contributed by atoms with Gasteiger partial charge in [-0.05, 0) is 67.5 Å². The van der Waals surface area contributed by atoms with Crippen LogP contribution in [0.25, 0.3) is 11.1 Å². The van der Waals surface area contributed by atoms with Gasteiger partial charge in [-0.25, -0.2) is 0 Å². The number of rotatable bonds is 5. The minimum absolute atomic E-state index is 0.333. The Labute approximate surface area is 165 Å². The molecule has 140 valence electrons. The van der Waals surface area contributed by atoms with Gasteiger partial charge in [0, 0.05) is 35.9 Å². The number of benzene rings is 2. The first kappa shape index (κ1) is 21.0. The van der Waals surface area contributed by atoms with Gasteiger partial charge in [-0.3, -0.25) is 4.90 Å². The zero-order valence-electron chi connectivity index (χ0n) is 16.0. The normalized spacial score (nSPS) is 14.6. The molecule has 1 heterocycles. The highest BCUT2D eigenvalue weighted by atomic mass is 32.1. The predicted octanol–water partition coefficient (Wildman–Crippen LogP) is 4.65. The standard InChI is InChI=1S/C20H25N2OP.CH4S/c1-4-23-12-14(3)22-11-17-9-16(8-13(2)19(17)20(22)24)15-6-5-7-18(21)10-15;1-2/h5-10,14,24H,4,11-12,21H2,1-3H3;2H,1H3. The summed E-state index contributed by atoms with van der Waals surface area (Å²) in [4.78, 5) is 2.37. The van der Waals surface area contributed by atoms with Crippen LogP contribution in [-0.4, -0.2) is 35.8 Å². The monoisotopic (exact) mass is 388 g/mol. The average molecular weight is 389 g/mol. The van der Waals surface area contributed by atoms with Crippen LogP contribution in [0, 0.1) is 6.92 Å². The summed E-state index contributed by atoms with van der Waals surface area (Å²) < 4.78 is 5.60. The van der Waals surface area contributed by atoms with Crippen LogP contribution in [0.3, 0.4) is 0 Å². The van der Waals surface area contributed by atoms with Crippen molar-refractivity contribution in [1.82, 2.24) is 4.90 Å². The Morgan fingerprint density at radius 3 is 2.62 bits per heavy atom. The molecule has 1 unspecified atom stereocenters. The maximum Gasteiger partial charge on any atom is 0.0623 e. The van der Waals surface area contributed by atoms with Crippen LogP contribution in [-0.2, 0) is 11.3 Å². The molecule has 2 aromatic rings. The molecule has 0 saturated carbocycles. The average Bonchev–Trinajstić information content (AvgIpc) is 2.98. The molecule has 3 nitrogen and oxygen atoms in total. The summed E-state index contributed by atoms with van der Waals surface area (Å²) in [7, 11) is 3.86. The summed E-state index contributed by atoms with van der Waals surface area (Å²) >= 11 is 3.53. The molecule has 5 heteroatoms. The fourth-order valence-corrected chi connectivity index (χ4v) is 4.03. The number of fused-ring (bicyclic) bond motifs is 1. The Hall–Kier alpha value is -1.32. The molecule has 1 aliphatic rings. The Morgan fingerprint density at radius 1 is 1.23 bits per heavy atom. The fraction of sp³-hybridized carbons (Fsp3) is 0.381. The smallest absolute Gasteiger partial charge is 0.0623 e. The zero-order valence-corrected chi connectivity index (χ0v) is 17.9. The molecule has 26 heavy (non-hydrogen) atoms. The lowest BCUT2D eigenvalue weighted by molar-refractivity contribution is 0.101. The van der Waals surface area contributed by atoms with Gasteiger partial charge in [-0.1, -0.05) is 18.2 Å². The van der Waals surface area contributed by atoms with Gasteiger partial charge in [0.05, 0.1) is 6.61 Å². The third kappa shape index (κ3) is 4.50. The number of hydrogen-bond donors (Lipinski definition) is 2. The minimum atomic E-state index is 0.333. The van der Waals surface area contributed by atoms with Crippen LogP contribution >= 0.6 is 21.5 Å². The number of nitrogens with two attached hydrogens (primary N) is 1. The largest absolute Gasteiger partial charge is 0.399 e. The molecule has 0 spiro atoms. The fourth-order valence-electron chi connectivity index (χ4n) is 3.37. The zero-order chi connectivity index (χ0) is 19.3. The maximum absolute atomic E-state index is 5.94. The first-order valence-electron chi connectivity index (χ1n) is 8.88. The van der Waals surface area contributed by atoms with Gasteiger partial charge < -0.3 is 10.5 Å². The molecular weight excluding hydrogens is 359 g/mol. The first-order valence-corrected chi connectivity index (χ1v) is 10.3. The summed E-state index contributed by atoms with van der Waals surface area (Å²) in [5.41, 5.74) is 14.2. The van der Waals surface area contributed by atoms with E-state index in [0.717, 1.165) is 36.4 Å². The molecule has 0 aliphatic carbocycles. The van der Waals surface area contributed by atoms with Crippen molar-refractivity contribution in [3.63, 3.8) is 0 Å². The molecule has 0 fully saturated rings. The van der Waals surface area contributed by atoms with Crippen LogP contribution < -0.4 is 5.73 Å². The molecule has 2 aromatic carbocycles. The number of hydrogen-bond acceptors (Lipinski definition) is 3. The van der Waals surface area contributed by atoms with Gasteiger partial charge in [-0.2, -0.15) is 12.6 Å². The summed E-state index contributed by atoms with van der Waals surface area (Å²) in [6.07, 6.45) is 1.69. The van der Waals surface area contributed by atoms with Crippen LogP contribution in [0.2, 0.25) is 0 Å². The van der Waals surface area contributed by atoms with Crippen molar-refractivity contribution in [2.75, 3.05) is 25.2 Å². The Bertz CT molecular complexity index is 779. The minimum Gasteiger partial charge on any atom is -0.399 e. The van der Waals surface area contributed by atoms with Crippen molar-refractivity contribution in [1.29, 1.82) is 0 Å². The molecule has 1 aliphatic heterocycles. The number of nitrogen functional groups attached to an aromatic ring is 1. The quantitative estimate of drug-likeness (QED) is 0.445. The number of ether oxygens (including phenoxy) is 1. The molecule has 3 rings (SSSR count). The maximum atomic E-state index is 5.94. The lowest BCUT2D eigenvalue weighted by Gasteiger charge is -2.24. The van der Waals surface area contributed by atoms with Crippen molar-refractivity contribution in [2.45, 2.75) is 33.4 Å². The molecule has 1 atom stereocenters. The first-order chi connectivity index (χ1) is 12.5. The number of nitrogens with zero attached hydrogens (tertiary/aromatic N) is 1. The van der Waals surface area contributed by atoms with E-state index in [2.05, 4.69) is 58.4 Å². The Morgan fingerprint density at radius 2 is 1.96 bits per heavy atom. The second-order valence-corrected chi connectivity index (χ2v) is 6.91. The molecule has 2 N–H and O–H groups in total. The van der Waals surface area contributed by atoms with E-state index in [1.807, 2.05) is 25.1 Å². The molecule has 0 aromatic heterocycles. The summed E-state index contributed by atoms with van der Waals surface area (Å²) in [5.74, 6) is 0. The molecule has 0 amide bonds. The summed E-state index contributed by atoms with van der Waals surface area (Å²) in [5, 5.41) is 0. The van der Waals surface area contributed by atoms with Crippen LogP contribution in [0.4, 0.5) is 5.69 Å². The molecular formula is C21H29N2OPS. The van der Waals surface area contributed by atoms with E-state index in [1.165, 1.54) is 22.3 Å². The van der Waals surface area contributed by atoms with Crippen molar-refractivity contribution < 1.29 is 4.74 Å². The van der Waals surface area contributed by atoms with E-state index < -0.39 is 0 Å². The topological polar surface area (TPSA) is 38.5 Å². The van der Waals surface area contributed by atoms with E-state index in [9.17, 15) is 0 Å². The second-order valence-electron chi connectivity index (χ2n) is 6.44. The lowest BCUT2D eigenvalue weighted by Crippen LogP contribution is -2.36. The third-order valence-electron chi connectivity index (χ3n) is 4.60. The molecule has 0 radical (unpaired) electrons. The lowest BCUT2D eigenvalue weighted by atomic mass is 9.96. The summed E-state index contributed by atoms with van der Waals surface area (Å²) in [6, 6.07) is 12.9. The van der Waals surface area contributed by atoms with Gasteiger partial charge in [0.2, 0.25) is 0 Å². The van der Waals surface area contributed by atoms with E-state index in [4.69, 9.17) is 10.5 Å². The van der Waals surface area contributed by atoms with Crippen LogP contribution in [0.1, 0.15) is 30.5 Å². The van der Waals surface area contributed by atoms with Crippen LogP contribution in [0.5, 0.6) is 0 Å². The Kier molecular flexibility index (Phi) is 7.72. The van der Waals surface area contributed by atoms with Crippen molar-refractivity contribution >= 4 is 32.6 Å². The highest BCUT2D eigenvalue weighted by Gasteiger charge is 2.29. The van der Waals surface area contributed by atoms with Gasteiger partial charge in [0.15, 0.2) is 0 Å². The van der Waals surface area contributed by atoms with Crippen LogP contribution in [0.15, 0.2) is 36.4 Å². The van der Waals surface area contributed by atoms with Crippen molar-refractivity contribution in [3.05, 3.63) is 53.1 Å². The van der Waals surface area contributed by atoms with Gasteiger partial charge in [-0.15, -0.1) is 8.86 Å². The SMILES string of the molecule is CCOCC(C)N1Cc2cc(-c3cccc(N)c3)cc(C)c2C1=P.CS. The second kappa shape index (κ2) is 9.57. The van der Waals surface area contributed by atoms with Gasteiger partial charge in [0.1, 0.15) is 0 Å². The van der Waals surface area contributed by atoms with Crippen molar-refractivity contribution in [3.8, 4) is 11.1 Å². The Balaban J connectivity index is 0.00000117. The summed E-state index contributed by atoms with van der Waals surface area (Å²) in [6.45, 7) is 8.80. The van der Waals surface area contributed by atoms with Gasteiger partial charge in [0.25, 0.3) is 0 Å². The van der Waals surface area contributed by atoms with E-state index in [-0.39, 0.29) is 0 Å². The van der Waals surface area contributed by atoms with Gasteiger partial charge >= 0.3 is 0 Å². The predicted molar refractivity (Wildman–Crippen MR) is 120 cm³/mol. The van der Waals surface area contributed by atoms with E-state index in [1.54, 1.807) is 6.26 Å². The number of anilines is 1. The van der Waals surface area contributed by atoms with E-state index in [0.29, 0.717) is 6.04 Å². The van der Waals surface area contributed by atoms with Crippen molar-refractivity contribution in [2.24, 2.45) is 0 Å². The highest BCUT2D eigenvalue weighted by molar-refractivity contribution is 7.79. The molecule has 0 bridgehead atoms. The number of thiol groups is 1. The third-order valence-corrected chi connectivity index (χ3v) is 5.13. The number of aryl methyl sites for hydroxylation is 1.